The third-order valence-corrected chi connectivity index (χ3v) is 8.68. The minimum Gasteiger partial charge on any atom is -0.484 e. The van der Waals surface area contributed by atoms with E-state index < -0.39 is 6.10 Å². The minimum atomic E-state index is -0.622. The molecule has 5 rings (SSSR count). The predicted octanol–water partition coefficient (Wildman–Crippen LogP) is 5.13. The van der Waals surface area contributed by atoms with Crippen LogP contribution in [0.2, 0.25) is 5.02 Å². The van der Waals surface area contributed by atoms with Crippen molar-refractivity contribution in [2.75, 3.05) is 31.5 Å². The van der Waals surface area contributed by atoms with Gasteiger partial charge in [0.1, 0.15) is 18.2 Å². The summed E-state index contributed by atoms with van der Waals surface area (Å²) in [5.41, 5.74) is 2.76. The average Bonchev–Trinajstić information content (AvgIpc) is 3.53. The summed E-state index contributed by atoms with van der Waals surface area (Å²) in [4.78, 5) is 37.8. The second-order valence-corrected chi connectivity index (χ2v) is 12.6. The number of pyridine rings is 1. The average molecular weight is 624 g/mol. The van der Waals surface area contributed by atoms with E-state index in [1.165, 1.54) is 6.39 Å². The number of carbonyl (C=O) groups is 2. The number of piperidine rings is 1. The van der Waals surface area contributed by atoms with Crippen LogP contribution in [0.5, 0.6) is 5.75 Å². The van der Waals surface area contributed by atoms with Crippen LogP contribution in [0, 0.1) is 5.92 Å². The number of nitrogens with zero attached hydrogens (tertiary/aromatic N) is 4. The van der Waals surface area contributed by atoms with Crippen molar-refractivity contribution in [1.29, 1.82) is 0 Å². The van der Waals surface area contributed by atoms with E-state index in [9.17, 15) is 14.7 Å². The molecule has 3 aromatic rings. The molecular formula is C33H42ClN5O5. The lowest BCUT2D eigenvalue weighted by Gasteiger charge is -2.33. The highest BCUT2D eigenvalue weighted by atomic mass is 35.5. The third kappa shape index (κ3) is 8.58. The first kappa shape index (κ1) is 31.9. The molecule has 1 saturated heterocycles. The van der Waals surface area contributed by atoms with E-state index in [0.29, 0.717) is 59.8 Å². The largest absolute Gasteiger partial charge is 0.484 e. The van der Waals surface area contributed by atoms with Crippen LogP contribution in [0.4, 0.5) is 5.82 Å². The number of ketones is 1. The number of β-amino-alcohol motifs (C(OH)–C–C–N with tert-alkyl or cyclic N) is 1. The summed E-state index contributed by atoms with van der Waals surface area (Å²) >= 11 is 6.66. The van der Waals surface area contributed by atoms with Crippen molar-refractivity contribution >= 4 is 29.1 Å². The zero-order chi connectivity index (χ0) is 31.1. The first-order valence-corrected chi connectivity index (χ1v) is 15.9. The fraction of sp³-hybridized carbons (Fsp3) is 0.515. The highest BCUT2D eigenvalue weighted by Gasteiger charge is 2.25. The number of fused-ring (bicyclic) bond motifs is 1. The Hall–Kier alpha value is -3.47. The number of carbonyl (C=O) groups excluding carboxylic acids is 2. The molecule has 0 saturated carbocycles. The van der Waals surface area contributed by atoms with E-state index in [0.717, 1.165) is 50.0 Å². The number of oxazole rings is 1. The van der Waals surface area contributed by atoms with Crippen molar-refractivity contribution in [3.05, 3.63) is 70.5 Å². The number of aliphatic hydroxyl groups excluding tert-OH is 1. The van der Waals surface area contributed by atoms with E-state index in [1.54, 1.807) is 24.5 Å². The Balaban J connectivity index is 1.05. The van der Waals surface area contributed by atoms with E-state index in [2.05, 4.69) is 34.0 Å². The number of nitrogens with one attached hydrogen (secondary N) is 1. The van der Waals surface area contributed by atoms with Crippen molar-refractivity contribution in [3.63, 3.8) is 0 Å². The lowest BCUT2D eigenvalue weighted by Crippen LogP contribution is -2.42. The smallest absolute Gasteiger partial charge is 0.222 e. The van der Waals surface area contributed by atoms with Gasteiger partial charge in [0.25, 0.3) is 0 Å². The van der Waals surface area contributed by atoms with Gasteiger partial charge in [-0.05, 0) is 60.9 Å². The number of hydrogen-bond donors (Lipinski definition) is 2. The van der Waals surface area contributed by atoms with E-state index in [-0.39, 0.29) is 30.8 Å². The molecule has 1 fully saturated rings. The Morgan fingerprint density at radius 2 is 2.02 bits per heavy atom. The van der Waals surface area contributed by atoms with Gasteiger partial charge in [-0.25, -0.2) is 9.97 Å². The second kappa shape index (κ2) is 15.0. The summed E-state index contributed by atoms with van der Waals surface area (Å²) in [6, 6.07) is 7.61. The van der Waals surface area contributed by atoms with Gasteiger partial charge in [0, 0.05) is 63.4 Å². The number of rotatable bonds is 13. The number of anilines is 1. The molecule has 2 aliphatic heterocycles. The lowest BCUT2D eigenvalue weighted by atomic mass is 9.98. The van der Waals surface area contributed by atoms with Gasteiger partial charge in [-0.2, -0.15) is 0 Å². The van der Waals surface area contributed by atoms with Gasteiger partial charge in [-0.15, -0.1) is 0 Å². The summed E-state index contributed by atoms with van der Waals surface area (Å²) in [6.07, 6.45) is 7.67. The molecule has 236 valence electrons. The van der Waals surface area contributed by atoms with Crippen LogP contribution >= 0.6 is 11.6 Å². The minimum absolute atomic E-state index is 0.0165. The van der Waals surface area contributed by atoms with Crippen LogP contribution in [-0.4, -0.2) is 74.9 Å². The number of amides is 1. The lowest BCUT2D eigenvalue weighted by molar-refractivity contribution is -0.132. The van der Waals surface area contributed by atoms with Gasteiger partial charge in [0.2, 0.25) is 5.91 Å². The van der Waals surface area contributed by atoms with Crippen molar-refractivity contribution in [2.45, 2.75) is 77.7 Å². The molecule has 0 bridgehead atoms. The van der Waals surface area contributed by atoms with Crippen LogP contribution in [0.3, 0.4) is 0 Å². The molecule has 2 N–H and O–H groups in total. The molecule has 11 heteroatoms. The summed E-state index contributed by atoms with van der Waals surface area (Å²) in [6.45, 7) is 7.76. The number of aliphatic hydroxyl groups is 1. The molecule has 4 heterocycles. The number of aromatic nitrogens is 2. The Bertz CT molecular complexity index is 1410. The molecule has 0 aliphatic carbocycles. The molecule has 2 aliphatic rings. The van der Waals surface area contributed by atoms with Gasteiger partial charge < -0.3 is 24.5 Å². The number of benzene rings is 1. The summed E-state index contributed by atoms with van der Waals surface area (Å²) in [7, 11) is 0. The monoisotopic (exact) mass is 623 g/mol. The number of ether oxygens (including phenoxy) is 1. The highest BCUT2D eigenvalue weighted by molar-refractivity contribution is 6.33. The zero-order valence-corrected chi connectivity index (χ0v) is 26.3. The first-order chi connectivity index (χ1) is 21.2. The molecule has 1 amide bonds. The quantitative estimate of drug-likeness (QED) is 0.250. The standard InChI is InChI=1S/C33H42ClN5O5/c1-22(2)15-32(42)39-13-8-25(9-14-39)37-31-16-23(7-11-36-31)29(41)5-4-26(40)19-38-12-10-28-24(18-38)3-6-30(33(28)34)43-20-27-17-35-21-44-27/h3,6-7,11,16-17,21-22,25-26,40H,4-5,8-10,12-15,18-20H2,1-2H3,(H,36,37)/t26-/m0/s1. The number of hydrogen-bond acceptors (Lipinski definition) is 9. The van der Waals surface area contributed by atoms with E-state index >= 15 is 0 Å². The highest BCUT2D eigenvalue weighted by Crippen LogP contribution is 2.34. The zero-order valence-electron chi connectivity index (χ0n) is 25.5. The molecule has 44 heavy (non-hydrogen) atoms. The fourth-order valence-electron chi connectivity index (χ4n) is 5.85. The van der Waals surface area contributed by atoms with Crippen LogP contribution < -0.4 is 10.1 Å². The van der Waals surface area contributed by atoms with Gasteiger partial charge in [0.15, 0.2) is 17.9 Å². The Labute approximate surface area is 263 Å². The maximum atomic E-state index is 13.0. The molecular weight excluding hydrogens is 582 g/mol. The third-order valence-electron chi connectivity index (χ3n) is 8.27. The number of likely N-dealkylation sites (tertiary alicyclic amines) is 1. The van der Waals surface area contributed by atoms with Crippen molar-refractivity contribution in [3.8, 4) is 5.75 Å². The van der Waals surface area contributed by atoms with Crippen LogP contribution in [-0.2, 0) is 24.4 Å². The normalized spacial score (nSPS) is 16.5. The van der Waals surface area contributed by atoms with Gasteiger partial charge in [-0.1, -0.05) is 31.5 Å². The van der Waals surface area contributed by atoms with Crippen molar-refractivity contribution < 1.29 is 23.8 Å². The maximum absolute atomic E-state index is 13.0. The SMILES string of the molecule is CC(C)CC(=O)N1CCC(Nc2cc(C(=O)CC[C@H](O)CN3CCc4c(ccc(OCc5cnco5)c4Cl)C3)ccn2)CC1. The van der Waals surface area contributed by atoms with Gasteiger partial charge in [-0.3, -0.25) is 14.5 Å². The van der Waals surface area contributed by atoms with Gasteiger partial charge in [0.05, 0.1) is 17.3 Å². The van der Waals surface area contributed by atoms with Crippen molar-refractivity contribution in [1.82, 2.24) is 19.8 Å². The second-order valence-electron chi connectivity index (χ2n) is 12.2. The predicted molar refractivity (Wildman–Crippen MR) is 168 cm³/mol. The van der Waals surface area contributed by atoms with Crippen LogP contribution in [0.15, 0.2) is 47.5 Å². The molecule has 2 aromatic heterocycles. The Morgan fingerprint density at radius 3 is 2.77 bits per heavy atom. The summed E-state index contributed by atoms with van der Waals surface area (Å²) in [5.74, 6) is 2.47. The molecule has 1 aromatic carbocycles. The Morgan fingerprint density at radius 1 is 1.20 bits per heavy atom. The molecule has 10 nitrogen and oxygen atoms in total. The number of Topliss-reactive ketones (excluding diaryl/α,β-unsaturated/α-hetero) is 1. The van der Waals surface area contributed by atoms with Crippen LogP contribution in [0.25, 0.3) is 0 Å². The Kier molecular flexibility index (Phi) is 10.9. The van der Waals surface area contributed by atoms with Crippen molar-refractivity contribution in [2.24, 2.45) is 5.92 Å². The molecule has 0 radical (unpaired) electrons. The van der Waals surface area contributed by atoms with Gasteiger partial charge >= 0.3 is 0 Å². The summed E-state index contributed by atoms with van der Waals surface area (Å²) < 4.78 is 11.0. The van der Waals surface area contributed by atoms with E-state index in [1.807, 2.05) is 17.0 Å². The van der Waals surface area contributed by atoms with E-state index in [4.69, 9.17) is 20.8 Å². The molecule has 1 atom stereocenters. The summed E-state index contributed by atoms with van der Waals surface area (Å²) in [5, 5.41) is 14.8. The first-order valence-electron chi connectivity index (χ1n) is 15.5. The maximum Gasteiger partial charge on any atom is 0.222 e. The fourth-order valence-corrected chi connectivity index (χ4v) is 6.19. The molecule has 0 spiro atoms. The number of halogens is 1. The van der Waals surface area contributed by atoms with Crippen LogP contribution in [0.1, 0.15) is 73.2 Å². The molecule has 0 unspecified atom stereocenters. The topological polar surface area (TPSA) is 121 Å².